The van der Waals surface area contributed by atoms with Crippen molar-refractivity contribution in [2.75, 3.05) is 27.2 Å². The van der Waals surface area contributed by atoms with Gasteiger partial charge in [-0.05, 0) is 39.8 Å². The first-order valence-electron chi connectivity index (χ1n) is 6.78. The van der Waals surface area contributed by atoms with Gasteiger partial charge >= 0.3 is 0 Å². The fourth-order valence-electron chi connectivity index (χ4n) is 3.10. The van der Waals surface area contributed by atoms with E-state index < -0.39 is 5.54 Å². The number of likely N-dealkylation sites (tertiary alicyclic amines) is 1. The minimum atomic E-state index is -0.547. The average Bonchev–Trinajstić information content (AvgIpc) is 2.76. The van der Waals surface area contributed by atoms with Gasteiger partial charge in [0.05, 0.1) is 5.54 Å². The normalized spacial score (nSPS) is 28.7. The summed E-state index contributed by atoms with van der Waals surface area (Å²) in [6.45, 7) is 1.74. The highest BCUT2D eigenvalue weighted by Gasteiger charge is 2.41. The van der Waals surface area contributed by atoms with E-state index in [1.165, 1.54) is 6.42 Å². The summed E-state index contributed by atoms with van der Waals surface area (Å²) in [4.78, 5) is 16.7. The molecule has 0 aromatic rings. The maximum Gasteiger partial charge on any atom is 0.242 e. The monoisotopic (exact) mass is 239 g/mol. The summed E-state index contributed by atoms with van der Waals surface area (Å²) in [5.74, 6) is 0.196. The van der Waals surface area contributed by atoms with Crippen LogP contribution in [0, 0.1) is 0 Å². The first kappa shape index (κ1) is 12.8. The highest BCUT2D eigenvalue weighted by molar-refractivity contribution is 5.86. The molecule has 2 N–H and O–H groups in total. The van der Waals surface area contributed by atoms with Gasteiger partial charge in [0.1, 0.15) is 0 Å². The molecule has 2 fully saturated rings. The van der Waals surface area contributed by atoms with E-state index in [9.17, 15) is 4.79 Å². The van der Waals surface area contributed by atoms with Crippen LogP contribution in [0.15, 0.2) is 0 Å². The summed E-state index contributed by atoms with van der Waals surface area (Å²) in [6, 6.07) is 0.498. The molecule has 0 bridgehead atoms. The fourth-order valence-corrected chi connectivity index (χ4v) is 3.10. The number of nitrogens with two attached hydrogens (primary N) is 1. The lowest BCUT2D eigenvalue weighted by atomic mass is 9.95. The van der Waals surface area contributed by atoms with E-state index in [4.69, 9.17) is 5.73 Å². The summed E-state index contributed by atoms with van der Waals surface area (Å²) in [6.07, 6.45) is 6.24. The molecule has 17 heavy (non-hydrogen) atoms. The second kappa shape index (κ2) is 4.94. The van der Waals surface area contributed by atoms with Gasteiger partial charge in [0.15, 0.2) is 0 Å². The number of carbonyl (C=O) groups excluding carboxylic acids is 1. The molecule has 4 heteroatoms. The van der Waals surface area contributed by atoms with Crippen LogP contribution in [-0.2, 0) is 4.79 Å². The molecule has 4 nitrogen and oxygen atoms in total. The molecule has 2 aliphatic rings. The highest BCUT2D eigenvalue weighted by Crippen LogP contribution is 2.30. The molecule has 1 saturated carbocycles. The quantitative estimate of drug-likeness (QED) is 0.776. The van der Waals surface area contributed by atoms with Gasteiger partial charge in [0.2, 0.25) is 5.91 Å². The summed E-state index contributed by atoms with van der Waals surface area (Å²) in [5.41, 5.74) is 5.70. The van der Waals surface area contributed by atoms with E-state index in [1.54, 1.807) is 0 Å². The van der Waals surface area contributed by atoms with Gasteiger partial charge in [0.25, 0.3) is 0 Å². The third-order valence-electron chi connectivity index (χ3n) is 4.34. The number of rotatable bonds is 2. The van der Waals surface area contributed by atoms with E-state index in [-0.39, 0.29) is 5.91 Å². The van der Waals surface area contributed by atoms with Gasteiger partial charge in [-0.25, -0.2) is 0 Å². The maximum atomic E-state index is 12.5. The number of hydrogen-bond acceptors (Lipinski definition) is 3. The fraction of sp³-hybridized carbons (Fsp3) is 0.923. The Balaban J connectivity index is 1.99. The van der Waals surface area contributed by atoms with Crippen molar-refractivity contribution in [2.24, 2.45) is 5.73 Å². The molecular weight excluding hydrogens is 214 g/mol. The molecule has 1 aliphatic carbocycles. The predicted octanol–water partition coefficient (Wildman–Crippen LogP) is 0.811. The van der Waals surface area contributed by atoms with E-state index in [2.05, 4.69) is 19.0 Å². The number of likely N-dealkylation sites (N-methyl/N-ethyl adjacent to an activating group) is 1. The van der Waals surface area contributed by atoms with Crippen molar-refractivity contribution in [1.29, 1.82) is 0 Å². The molecule has 1 heterocycles. The van der Waals surface area contributed by atoms with Crippen LogP contribution < -0.4 is 5.73 Å². The number of piperidine rings is 1. The van der Waals surface area contributed by atoms with Crippen LogP contribution in [0.1, 0.15) is 38.5 Å². The molecule has 1 atom stereocenters. The molecule has 0 spiro atoms. The Morgan fingerprint density at radius 3 is 2.53 bits per heavy atom. The summed E-state index contributed by atoms with van der Waals surface area (Å²) >= 11 is 0. The third-order valence-corrected chi connectivity index (χ3v) is 4.34. The van der Waals surface area contributed by atoms with Gasteiger partial charge in [-0.15, -0.1) is 0 Å². The number of nitrogens with zero attached hydrogens (tertiary/aromatic N) is 2. The summed E-state index contributed by atoms with van der Waals surface area (Å²) in [7, 11) is 4.18. The van der Waals surface area contributed by atoms with Crippen LogP contribution in [0.25, 0.3) is 0 Å². The van der Waals surface area contributed by atoms with Crippen molar-refractivity contribution in [2.45, 2.75) is 50.1 Å². The molecule has 0 aromatic heterocycles. The van der Waals surface area contributed by atoms with Crippen LogP contribution in [0.3, 0.4) is 0 Å². The Labute approximate surface area is 104 Å². The Morgan fingerprint density at radius 2 is 1.94 bits per heavy atom. The second-order valence-electron chi connectivity index (χ2n) is 5.87. The number of hydrogen-bond donors (Lipinski definition) is 1. The van der Waals surface area contributed by atoms with E-state index in [1.807, 2.05) is 4.90 Å². The summed E-state index contributed by atoms with van der Waals surface area (Å²) < 4.78 is 0. The molecule has 0 radical (unpaired) electrons. The Hall–Kier alpha value is -0.610. The SMILES string of the molecule is CN(C)C1CCCN(C(=O)C2(N)CCCC2)C1. The minimum absolute atomic E-state index is 0.196. The predicted molar refractivity (Wildman–Crippen MR) is 68.7 cm³/mol. The highest BCUT2D eigenvalue weighted by atomic mass is 16.2. The molecule has 1 amide bonds. The number of carbonyl (C=O) groups is 1. The zero-order valence-electron chi connectivity index (χ0n) is 11.1. The largest absolute Gasteiger partial charge is 0.340 e. The zero-order valence-corrected chi connectivity index (χ0v) is 11.1. The van der Waals surface area contributed by atoms with Crippen LogP contribution in [0.4, 0.5) is 0 Å². The van der Waals surface area contributed by atoms with Gasteiger partial charge in [-0.3, -0.25) is 4.79 Å². The second-order valence-corrected chi connectivity index (χ2v) is 5.87. The van der Waals surface area contributed by atoms with Gasteiger partial charge in [-0.1, -0.05) is 12.8 Å². The molecule has 2 rings (SSSR count). The van der Waals surface area contributed by atoms with E-state index in [0.29, 0.717) is 6.04 Å². The van der Waals surface area contributed by atoms with Crippen LogP contribution >= 0.6 is 0 Å². The Bertz CT molecular complexity index is 284. The standard InChI is InChI=1S/C13H25N3O/c1-15(2)11-6-5-9-16(10-11)12(17)13(14)7-3-4-8-13/h11H,3-10,14H2,1-2H3. The molecule has 1 aliphatic heterocycles. The van der Waals surface area contributed by atoms with E-state index >= 15 is 0 Å². The van der Waals surface area contributed by atoms with Crippen molar-refractivity contribution in [1.82, 2.24) is 9.80 Å². The van der Waals surface area contributed by atoms with Crippen molar-refractivity contribution < 1.29 is 4.79 Å². The van der Waals surface area contributed by atoms with Crippen LogP contribution in [0.5, 0.6) is 0 Å². The van der Waals surface area contributed by atoms with Gasteiger partial charge in [0, 0.05) is 19.1 Å². The molecule has 1 unspecified atom stereocenters. The topological polar surface area (TPSA) is 49.6 Å². The lowest BCUT2D eigenvalue weighted by Crippen LogP contribution is -2.57. The Kier molecular flexibility index (Phi) is 3.73. The lowest BCUT2D eigenvalue weighted by molar-refractivity contribution is -0.138. The van der Waals surface area contributed by atoms with Crippen molar-refractivity contribution in [3.8, 4) is 0 Å². The zero-order chi connectivity index (χ0) is 12.5. The molecule has 98 valence electrons. The third kappa shape index (κ3) is 2.63. The van der Waals surface area contributed by atoms with Crippen molar-refractivity contribution in [3.63, 3.8) is 0 Å². The van der Waals surface area contributed by atoms with E-state index in [0.717, 1.165) is 45.2 Å². The van der Waals surface area contributed by atoms with Crippen molar-refractivity contribution in [3.05, 3.63) is 0 Å². The average molecular weight is 239 g/mol. The lowest BCUT2D eigenvalue weighted by Gasteiger charge is -2.39. The first-order chi connectivity index (χ1) is 8.03. The molecule has 0 aromatic carbocycles. The number of amides is 1. The van der Waals surface area contributed by atoms with Crippen molar-refractivity contribution >= 4 is 5.91 Å². The van der Waals surface area contributed by atoms with Crippen LogP contribution in [0.2, 0.25) is 0 Å². The van der Waals surface area contributed by atoms with Gasteiger partial charge < -0.3 is 15.5 Å². The molecular formula is C13H25N3O. The Morgan fingerprint density at radius 1 is 1.29 bits per heavy atom. The smallest absolute Gasteiger partial charge is 0.242 e. The van der Waals surface area contributed by atoms with Gasteiger partial charge in [-0.2, -0.15) is 0 Å². The summed E-state index contributed by atoms with van der Waals surface area (Å²) in [5, 5.41) is 0. The molecule has 1 saturated heterocycles. The maximum absolute atomic E-state index is 12.5. The minimum Gasteiger partial charge on any atom is -0.340 e. The first-order valence-corrected chi connectivity index (χ1v) is 6.78. The van der Waals surface area contributed by atoms with Crippen LogP contribution in [-0.4, -0.2) is 54.5 Å².